The second-order valence-corrected chi connectivity index (χ2v) is 0. The van der Waals surface area contributed by atoms with E-state index in [0.29, 0.717) is 0 Å². The molecule has 0 spiro atoms. The molecule has 0 fully saturated rings. The molecule has 0 aliphatic heterocycles. The summed E-state index contributed by atoms with van der Waals surface area (Å²) in [5.41, 5.74) is 0. The van der Waals surface area contributed by atoms with E-state index in [4.69, 9.17) is 0 Å². The third-order valence-corrected chi connectivity index (χ3v) is 0. The summed E-state index contributed by atoms with van der Waals surface area (Å²) >= 11 is 0. The molecule has 0 aliphatic rings. The summed E-state index contributed by atoms with van der Waals surface area (Å²) in [7, 11) is 0. The third kappa shape index (κ3) is 26.7. The Balaban J connectivity index is 0. The Hall–Kier alpha value is 1.73. The van der Waals surface area contributed by atoms with Gasteiger partial charge >= 0.3 is 40.6 Å². The van der Waals surface area contributed by atoms with Crippen LogP contribution in [0.1, 0.15) is 0 Å². The van der Waals surface area contributed by atoms with Crippen molar-refractivity contribution in [2.45, 2.75) is 0 Å². The number of hydrogen-bond acceptors (Lipinski definition) is 0. The molecule has 0 saturated carbocycles. The molecular formula is HLiNiO2Ti. The summed E-state index contributed by atoms with van der Waals surface area (Å²) < 4.78 is 0. The molecule has 0 aromatic heterocycles. The molecule has 0 amide bonds. The predicted octanol–water partition coefficient (Wildman–Crippen LogP) is -0.891. The van der Waals surface area contributed by atoms with Crippen molar-refractivity contribution in [2.75, 3.05) is 0 Å². The van der Waals surface area contributed by atoms with Crippen LogP contribution in [-0.2, 0) is 49.2 Å². The van der Waals surface area contributed by atoms with Gasteiger partial charge in [0.05, 0.1) is 0 Å². The van der Waals surface area contributed by atoms with Crippen molar-refractivity contribution < 1.29 is 49.2 Å². The normalized spacial score (nSPS) is 0. The van der Waals surface area contributed by atoms with Gasteiger partial charge in [0, 0.05) is 16.5 Å². The van der Waals surface area contributed by atoms with E-state index in [1.807, 2.05) is 0 Å². The van der Waals surface area contributed by atoms with Crippen LogP contribution in [0.15, 0.2) is 0 Å². The fraction of sp³-hybridized carbons (Fsp3) is 0. The Morgan fingerprint density at radius 2 is 0.800 bits per heavy atom. The van der Waals surface area contributed by atoms with Gasteiger partial charge < -0.3 is 11.0 Å². The van der Waals surface area contributed by atoms with Gasteiger partial charge in [0.15, 0.2) is 0 Å². The fourth-order valence-electron chi connectivity index (χ4n) is 0. The third-order valence-electron chi connectivity index (χ3n) is 0. The van der Waals surface area contributed by atoms with Crippen LogP contribution in [0.3, 0.4) is 0 Å². The van der Waals surface area contributed by atoms with Crippen molar-refractivity contribution in [3.05, 3.63) is 0 Å². The largest absolute Gasteiger partial charge is 4.00 e. The molecule has 5 heavy (non-hydrogen) atoms. The van der Waals surface area contributed by atoms with Gasteiger partial charge in [-0.1, -0.05) is 0 Å². The molecule has 0 aromatic carbocycles. The Morgan fingerprint density at radius 1 is 0.800 bits per heavy atom. The standard InChI is InChI=1S/Li.Ni.2O.Ti.H/q;;2*-2;+4;. The molecule has 0 aliphatic carbocycles. The van der Waals surface area contributed by atoms with Crippen LogP contribution in [0.4, 0.5) is 0 Å². The van der Waals surface area contributed by atoms with Crippen LogP contribution in [0, 0.1) is 0 Å². The van der Waals surface area contributed by atoms with Crippen molar-refractivity contribution in [3.8, 4) is 0 Å². The monoisotopic (exact) mass is 146 g/mol. The molecule has 0 rings (SSSR count). The number of hydrogen-bond donors (Lipinski definition) is 0. The van der Waals surface area contributed by atoms with E-state index >= 15 is 0 Å². The molecular weight excluding hydrogens is 145 g/mol. The second-order valence-electron chi connectivity index (χ2n) is 0. The first-order valence-electron chi connectivity index (χ1n) is 0. The smallest absolute Gasteiger partial charge is 2.00 e. The van der Waals surface area contributed by atoms with Crippen molar-refractivity contribution in [3.63, 3.8) is 0 Å². The topological polar surface area (TPSA) is 57.0 Å². The molecule has 5 heteroatoms. The summed E-state index contributed by atoms with van der Waals surface area (Å²) in [6.45, 7) is 0. The van der Waals surface area contributed by atoms with Crippen molar-refractivity contribution in [1.29, 1.82) is 0 Å². The second kappa shape index (κ2) is 42.9. The molecule has 0 saturated heterocycles. The fourth-order valence-corrected chi connectivity index (χ4v) is 0. The van der Waals surface area contributed by atoms with Gasteiger partial charge in [-0.25, -0.2) is 0 Å². The van der Waals surface area contributed by atoms with Gasteiger partial charge in [-0.05, 0) is 0 Å². The first kappa shape index (κ1) is 74.1. The first-order valence-corrected chi connectivity index (χ1v) is 0. The maximum Gasteiger partial charge on any atom is 4.00 e. The molecule has 2 nitrogen and oxygen atoms in total. The van der Waals surface area contributed by atoms with E-state index in [1.54, 1.807) is 0 Å². The average molecular weight is 147 g/mol. The van der Waals surface area contributed by atoms with Crippen LogP contribution in [-0.4, -0.2) is 18.9 Å². The molecule has 0 heterocycles. The van der Waals surface area contributed by atoms with Gasteiger partial charge in [-0.15, -0.1) is 0 Å². The van der Waals surface area contributed by atoms with E-state index in [1.165, 1.54) is 0 Å². The maximum atomic E-state index is 0. The van der Waals surface area contributed by atoms with Crippen molar-refractivity contribution >= 4 is 18.9 Å². The van der Waals surface area contributed by atoms with Crippen LogP contribution in [0.5, 0.6) is 0 Å². The molecule has 0 aromatic rings. The predicted molar refractivity (Wildman–Crippen MR) is 8.52 cm³/mol. The van der Waals surface area contributed by atoms with E-state index in [0.717, 1.165) is 0 Å². The molecule has 0 unspecified atom stereocenters. The quantitative estimate of drug-likeness (QED) is 0.398. The van der Waals surface area contributed by atoms with Crippen LogP contribution in [0.25, 0.3) is 0 Å². The molecule has 0 atom stereocenters. The summed E-state index contributed by atoms with van der Waals surface area (Å²) in [5, 5.41) is 0. The molecule has 0 radical (unpaired) electrons. The van der Waals surface area contributed by atoms with Gasteiger partial charge in [0.2, 0.25) is 0 Å². The van der Waals surface area contributed by atoms with Gasteiger partial charge in [0.25, 0.3) is 0 Å². The summed E-state index contributed by atoms with van der Waals surface area (Å²) in [6, 6.07) is 0. The Kier molecular flexibility index (Phi) is 636. The minimum absolute atomic E-state index is 0. The summed E-state index contributed by atoms with van der Waals surface area (Å²) in [6.07, 6.45) is 0. The minimum Gasteiger partial charge on any atom is -2.00 e. The minimum atomic E-state index is 0. The zero-order chi connectivity index (χ0) is 0. The molecule has 0 N–H and O–H groups in total. The van der Waals surface area contributed by atoms with E-state index < -0.39 is 0 Å². The summed E-state index contributed by atoms with van der Waals surface area (Å²) in [4.78, 5) is 0. The SMILES string of the molecule is [LiH].[Ni].[O-2].[O-2].[Ti+4]. The number of rotatable bonds is 0. The average Bonchev–Trinajstić information content (AvgIpc) is 0. The molecule has 28 valence electrons. The maximum absolute atomic E-state index is 0. The van der Waals surface area contributed by atoms with E-state index in [2.05, 4.69) is 0 Å². The van der Waals surface area contributed by atoms with Crippen LogP contribution in [0.2, 0.25) is 0 Å². The van der Waals surface area contributed by atoms with E-state index in [9.17, 15) is 0 Å². The van der Waals surface area contributed by atoms with Gasteiger partial charge in [0.1, 0.15) is 0 Å². The Bertz CT molecular complexity index is 9.61. The van der Waals surface area contributed by atoms with Crippen LogP contribution < -0.4 is 0 Å². The zero-order valence-corrected chi connectivity index (χ0v) is 4.18. The van der Waals surface area contributed by atoms with Crippen LogP contribution >= 0.6 is 0 Å². The van der Waals surface area contributed by atoms with Gasteiger partial charge in [-0.2, -0.15) is 0 Å². The van der Waals surface area contributed by atoms with Crippen molar-refractivity contribution in [2.24, 2.45) is 0 Å². The summed E-state index contributed by atoms with van der Waals surface area (Å²) in [5.74, 6) is 0. The Morgan fingerprint density at radius 3 is 0.800 bits per heavy atom. The van der Waals surface area contributed by atoms with E-state index in [-0.39, 0.29) is 68.0 Å². The van der Waals surface area contributed by atoms with Gasteiger partial charge in [-0.3, -0.25) is 0 Å². The zero-order valence-electron chi connectivity index (χ0n) is 1.63. The molecule has 0 bridgehead atoms. The first-order chi connectivity index (χ1) is 0. The van der Waals surface area contributed by atoms with Crippen molar-refractivity contribution in [1.82, 2.24) is 0 Å². The Labute approximate surface area is 67.7 Å².